The predicted molar refractivity (Wildman–Crippen MR) is 94.5 cm³/mol. The van der Waals surface area contributed by atoms with E-state index >= 15 is 0 Å². The van der Waals surface area contributed by atoms with Crippen LogP contribution in [0.3, 0.4) is 0 Å². The first kappa shape index (κ1) is 16.3. The van der Waals surface area contributed by atoms with Crippen LogP contribution in [0.5, 0.6) is 0 Å². The average molecular weight is 333 g/mol. The number of amides is 1. The van der Waals surface area contributed by atoms with E-state index in [0.717, 1.165) is 11.1 Å². The summed E-state index contributed by atoms with van der Waals surface area (Å²) in [4.78, 5) is 26.6. The highest BCUT2D eigenvalue weighted by Crippen LogP contribution is 2.16. The van der Waals surface area contributed by atoms with Crippen molar-refractivity contribution in [2.24, 2.45) is 0 Å². The molecule has 1 N–H and O–H groups in total. The molecule has 0 aliphatic heterocycles. The van der Waals surface area contributed by atoms with Crippen molar-refractivity contribution in [1.29, 1.82) is 0 Å². The van der Waals surface area contributed by atoms with Gasteiger partial charge >= 0.3 is 0 Å². The minimum absolute atomic E-state index is 0.0633. The van der Waals surface area contributed by atoms with E-state index in [9.17, 15) is 14.9 Å². The molecule has 124 valence electrons. The molecule has 0 saturated carbocycles. The molecule has 0 aliphatic carbocycles. The number of carbonyl (C=O) groups is 1. The van der Waals surface area contributed by atoms with Crippen LogP contribution in [0, 0.1) is 10.1 Å². The Balaban J connectivity index is 1.72. The van der Waals surface area contributed by atoms with Crippen molar-refractivity contribution in [3.8, 4) is 0 Å². The lowest BCUT2D eigenvalue weighted by molar-refractivity contribution is -0.384. The van der Waals surface area contributed by atoms with Crippen molar-refractivity contribution in [3.05, 3.63) is 99.9 Å². The van der Waals surface area contributed by atoms with E-state index < -0.39 is 4.92 Å². The van der Waals surface area contributed by atoms with Gasteiger partial charge in [0, 0.05) is 23.9 Å². The van der Waals surface area contributed by atoms with E-state index in [1.165, 1.54) is 12.1 Å². The van der Waals surface area contributed by atoms with Gasteiger partial charge < -0.3 is 5.32 Å². The molecule has 0 fully saturated rings. The number of nitro benzene ring substituents is 1. The fourth-order valence-electron chi connectivity index (χ4n) is 2.43. The first-order valence-corrected chi connectivity index (χ1v) is 7.65. The molecule has 0 bridgehead atoms. The molecule has 0 spiro atoms. The molecule has 0 atom stereocenters. The van der Waals surface area contributed by atoms with E-state index in [1.54, 1.807) is 42.7 Å². The van der Waals surface area contributed by atoms with Crippen LogP contribution in [-0.2, 0) is 6.42 Å². The predicted octanol–water partition coefficient (Wildman–Crippen LogP) is 3.83. The highest BCUT2D eigenvalue weighted by Gasteiger charge is 2.08. The first-order chi connectivity index (χ1) is 12.1. The Kier molecular flexibility index (Phi) is 4.80. The number of hydrogen-bond acceptors (Lipinski definition) is 4. The van der Waals surface area contributed by atoms with Crippen molar-refractivity contribution in [1.82, 2.24) is 4.98 Å². The topological polar surface area (TPSA) is 85.1 Å². The molecule has 6 heteroatoms. The maximum Gasteiger partial charge on any atom is 0.269 e. The molecule has 0 radical (unpaired) electrons. The number of carbonyl (C=O) groups excluding carboxylic acids is 1. The molecule has 1 aromatic heterocycles. The van der Waals surface area contributed by atoms with Gasteiger partial charge in [0.1, 0.15) is 0 Å². The third kappa shape index (κ3) is 4.26. The second-order valence-electron chi connectivity index (χ2n) is 5.50. The van der Waals surface area contributed by atoms with Gasteiger partial charge in [-0.05, 0) is 41.8 Å². The fraction of sp³-hybridized carbons (Fsp3) is 0.0526. The third-order valence-corrected chi connectivity index (χ3v) is 3.66. The van der Waals surface area contributed by atoms with Crippen molar-refractivity contribution in [2.75, 3.05) is 5.32 Å². The Labute approximate surface area is 144 Å². The molecule has 0 unspecified atom stereocenters. The number of nitrogens with zero attached hydrogens (tertiary/aromatic N) is 2. The largest absolute Gasteiger partial charge is 0.321 e. The maximum absolute atomic E-state index is 12.3. The number of aromatic nitrogens is 1. The number of nitrogens with one attached hydrogen (secondary N) is 1. The summed E-state index contributed by atoms with van der Waals surface area (Å²) < 4.78 is 0. The zero-order valence-corrected chi connectivity index (χ0v) is 13.3. The van der Waals surface area contributed by atoms with Crippen LogP contribution in [0.1, 0.15) is 21.5 Å². The van der Waals surface area contributed by atoms with Gasteiger partial charge in [-0.3, -0.25) is 19.9 Å². The molecular weight excluding hydrogens is 318 g/mol. The van der Waals surface area contributed by atoms with Gasteiger partial charge in [0.2, 0.25) is 0 Å². The van der Waals surface area contributed by atoms with E-state index in [-0.39, 0.29) is 11.6 Å². The number of nitro groups is 1. The van der Waals surface area contributed by atoms with E-state index in [0.29, 0.717) is 17.7 Å². The molecular formula is C19H15N3O3. The lowest BCUT2D eigenvalue weighted by Crippen LogP contribution is -2.12. The van der Waals surface area contributed by atoms with E-state index in [1.807, 2.05) is 18.2 Å². The van der Waals surface area contributed by atoms with Gasteiger partial charge in [-0.1, -0.05) is 24.3 Å². The molecule has 6 nitrogen and oxygen atoms in total. The summed E-state index contributed by atoms with van der Waals surface area (Å²) >= 11 is 0. The summed E-state index contributed by atoms with van der Waals surface area (Å²) in [6.07, 6.45) is 3.81. The van der Waals surface area contributed by atoms with E-state index in [4.69, 9.17) is 0 Å². The van der Waals surface area contributed by atoms with Crippen LogP contribution in [0.25, 0.3) is 0 Å². The highest BCUT2D eigenvalue weighted by atomic mass is 16.6. The molecule has 3 rings (SSSR count). The van der Waals surface area contributed by atoms with E-state index in [2.05, 4.69) is 10.3 Å². The fourth-order valence-corrected chi connectivity index (χ4v) is 2.43. The Morgan fingerprint density at radius 2 is 1.84 bits per heavy atom. The van der Waals surface area contributed by atoms with Crippen molar-refractivity contribution < 1.29 is 9.72 Å². The third-order valence-electron chi connectivity index (χ3n) is 3.66. The number of hydrogen-bond donors (Lipinski definition) is 1. The summed E-state index contributed by atoms with van der Waals surface area (Å²) in [5, 5.41) is 13.5. The Bertz CT molecular complexity index is 893. The molecule has 1 heterocycles. The summed E-state index contributed by atoms with van der Waals surface area (Å²) in [5.41, 5.74) is 3.13. The van der Waals surface area contributed by atoms with Crippen LogP contribution < -0.4 is 5.32 Å². The number of non-ortho nitro benzene ring substituents is 1. The lowest BCUT2D eigenvalue weighted by atomic mass is 10.0. The van der Waals surface area contributed by atoms with Crippen molar-refractivity contribution >= 4 is 17.3 Å². The lowest BCUT2D eigenvalue weighted by Gasteiger charge is -2.07. The van der Waals surface area contributed by atoms with Crippen molar-refractivity contribution in [2.45, 2.75) is 6.42 Å². The molecule has 1 amide bonds. The molecule has 2 aromatic carbocycles. The number of benzene rings is 2. The number of rotatable bonds is 5. The minimum atomic E-state index is -0.423. The number of pyridine rings is 1. The summed E-state index contributed by atoms with van der Waals surface area (Å²) in [7, 11) is 0. The van der Waals surface area contributed by atoms with Crippen LogP contribution in [0.2, 0.25) is 0 Å². The van der Waals surface area contributed by atoms with Gasteiger partial charge in [0.05, 0.1) is 16.8 Å². The van der Waals surface area contributed by atoms with Gasteiger partial charge in [-0.25, -0.2) is 0 Å². The molecule has 0 saturated heterocycles. The summed E-state index contributed by atoms with van der Waals surface area (Å²) in [5.74, 6) is -0.210. The smallest absolute Gasteiger partial charge is 0.269 e. The number of anilines is 1. The quantitative estimate of drug-likeness (QED) is 0.568. The Morgan fingerprint density at radius 1 is 1.04 bits per heavy atom. The van der Waals surface area contributed by atoms with Gasteiger partial charge in [0.15, 0.2) is 0 Å². The Morgan fingerprint density at radius 3 is 2.52 bits per heavy atom. The van der Waals surface area contributed by atoms with Gasteiger partial charge in [-0.2, -0.15) is 0 Å². The first-order valence-electron chi connectivity index (χ1n) is 7.65. The zero-order chi connectivity index (χ0) is 17.6. The summed E-state index contributed by atoms with van der Waals surface area (Å²) in [6, 6.07) is 17.2. The Hall–Kier alpha value is -3.54. The standard InChI is InChI=1S/C19H15N3O3/c23-19(21-17-5-2-10-20-13-17)16-4-1-3-15(12-16)11-14-6-8-18(9-7-14)22(24)25/h1-10,12-13H,11H2,(H,21,23). The second kappa shape index (κ2) is 7.35. The van der Waals surface area contributed by atoms with Crippen molar-refractivity contribution in [3.63, 3.8) is 0 Å². The zero-order valence-electron chi connectivity index (χ0n) is 13.3. The molecule has 25 heavy (non-hydrogen) atoms. The van der Waals surface area contributed by atoms with Crippen LogP contribution >= 0.6 is 0 Å². The SMILES string of the molecule is O=C(Nc1cccnc1)c1cccc(Cc2ccc([N+](=O)[O-])cc2)c1. The summed E-state index contributed by atoms with van der Waals surface area (Å²) in [6.45, 7) is 0. The van der Waals surface area contributed by atoms with Crippen LogP contribution in [0.15, 0.2) is 73.1 Å². The van der Waals surface area contributed by atoms with Gasteiger partial charge in [0.25, 0.3) is 11.6 Å². The molecule has 0 aliphatic rings. The highest BCUT2D eigenvalue weighted by molar-refractivity contribution is 6.04. The van der Waals surface area contributed by atoms with Gasteiger partial charge in [-0.15, -0.1) is 0 Å². The normalized spacial score (nSPS) is 10.2. The monoisotopic (exact) mass is 333 g/mol. The van der Waals surface area contributed by atoms with Crippen LogP contribution in [-0.4, -0.2) is 15.8 Å². The van der Waals surface area contributed by atoms with Crippen LogP contribution in [0.4, 0.5) is 11.4 Å². The average Bonchev–Trinajstić information content (AvgIpc) is 2.63. The maximum atomic E-state index is 12.3. The minimum Gasteiger partial charge on any atom is -0.321 e. The second-order valence-corrected chi connectivity index (χ2v) is 5.50. The molecule has 3 aromatic rings.